The van der Waals surface area contributed by atoms with E-state index in [0.717, 1.165) is 23.8 Å². The normalized spacial score (nSPS) is 11.2. The van der Waals surface area contributed by atoms with Crippen LogP contribution in [-0.2, 0) is 16.4 Å². The summed E-state index contributed by atoms with van der Waals surface area (Å²) >= 11 is 5.94. The number of nitrogens with one attached hydrogen (secondary N) is 2. The van der Waals surface area contributed by atoms with Gasteiger partial charge in [-0.05, 0) is 48.4 Å². The van der Waals surface area contributed by atoms with E-state index >= 15 is 0 Å². The number of amides is 1. The Labute approximate surface area is 185 Å². The largest absolute Gasteiger partial charge is 0.495 e. The fraction of sp³-hybridized carbons (Fsp3) is 0.136. The summed E-state index contributed by atoms with van der Waals surface area (Å²) in [5.41, 5.74) is 0.779. The predicted molar refractivity (Wildman–Crippen MR) is 118 cm³/mol. The van der Waals surface area contributed by atoms with E-state index < -0.39 is 27.3 Å². The van der Waals surface area contributed by atoms with Gasteiger partial charge in [0.2, 0.25) is 10.0 Å². The van der Waals surface area contributed by atoms with Crippen LogP contribution in [0.25, 0.3) is 0 Å². The van der Waals surface area contributed by atoms with E-state index in [4.69, 9.17) is 16.3 Å². The first-order chi connectivity index (χ1) is 14.8. The zero-order chi connectivity index (χ0) is 22.4. The van der Waals surface area contributed by atoms with Crippen LogP contribution in [0.1, 0.15) is 15.9 Å². The van der Waals surface area contributed by atoms with Crippen molar-refractivity contribution in [1.29, 1.82) is 0 Å². The smallest absolute Gasteiger partial charge is 0.258 e. The molecule has 6 nitrogen and oxygen atoms in total. The van der Waals surface area contributed by atoms with E-state index in [1.807, 2.05) is 30.3 Å². The SMILES string of the molecule is COc1ccc(Cl)cc1NC(=O)c1cc(S(=O)(=O)NCCc2ccccc2)ccc1F. The fourth-order valence-electron chi connectivity index (χ4n) is 2.87. The molecule has 2 N–H and O–H groups in total. The van der Waals surface area contributed by atoms with Crippen molar-refractivity contribution < 1.29 is 22.3 Å². The third kappa shape index (κ3) is 5.81. The summed E-state index contributed by atoms with van der Waals surface area (Å²) in [7, 11) is -2.53. The average molecular weight is 463 g/mol. The molecule has 9 heteroatoms. The Bertz CT molecular complexity index is 1190. The lowest BCUT2D eigenvalue weighted by molar-refractivity contribution is 0.102. The van der Waals surface area contributed by atoms with Crippen LogP contribution in [0.3, 0.4) is 0 Å². The number of carbonyl (C=O) groups excluding carboxylic acids is 1. The van der Waals surface area contributed by atoms with Gasteiger partial charge in [-0.2, -0.15) is 0 Å². The maximum absolute atomic E-state index is 14.3. The van der Waals surface area contributed by atoms with E-state index in [0.29, 0.717) is 17.2 Å². The Hall–Kier alpha value is -2.94. The first-order valence-corrected chi connectivity index (χ1v) is 11.1. The molecule has 1 amide bonds. The molecule has 0 fully saturated rings. The minimum absolute atomic E-state index is 0.158. The molecule has 0 aliphatic carbocycles. The molecular formula is C22H20ClFN2O4S. The molecule has 0 aliphatic rings. The number of benzene rings is 3. The zero-order valence-corrected chi connectivity index (χ0v) is 18.1. The molecule has 0 spiro atoms. The third-order valence-electron chi connectivity index (χ3n) is 4.45. The average Bonchev–Trinajstić information content (AvgIpc) is 2.74. The number of ether oxygens (including phenoxy) is 1. The highest BCUT2D eigenvalue weighted by molar-refractivity contribution is 7.89. The van der Waals surface area contributed by atoms with E-state index in [2.05, 4.69) is 10.0 Å². The number of sulfonamides is 1. The molecule has 0 saturated heterocycles. The molecular weight excluding hydrogens is 443 g/mol. The van der Waals surface area contributed by atoms with Crippen molar-refractivity contribution in [3.8, 4) is 5.75 Å². The molecule has 0 atom stereocenters. The number of hydrogen-bond acceptors (Lipinski definition) is 4. The molecule has 3 rings (SSSR count). The number of halogens is 2. The van der Waals surface area contributed by atoms with Gasteiger partial charge in [-0.25, -0.2) is 17.5 Å². The highest BCUT2D eigenvalue weighted by Gasteiger charge is 2.20. The van der Waals surface area contributed by atoms with Gasteiger partial charge in [-0.15, -0.1) is 0 Å². The molecule has 0 unspecified atom stereocenters. The van der Waals surface area contributed by atoms with Crippen LogP contribution >= 0.6 is 11.6 Å². The Kier molecular flexibility index (Phi) is 7.27. The van der Waals surface area contributed by atoms with Crippen LogP contribution in [0, 0.1) is 5.82 Å². The quantitative estimate of drug-likeness (QED) is 0.524. The van der Waals surface area contributed by atoms with Crippen molar-refractivity contribution >= 4 is 33.2 Å². The second-order valence-electron chi connectivity index (χ2n) is 6.57. The highest BCUT2D eigenvalue weighted by Crippen LogP contribution is 2.28. The van der Waals surface area contributed by atoms with Crippen molar-refractivity contribution in [2.75, 3.05) is 19.0 Å². The topological polar surface area (TPSA) is 84.5 Å². The minimum Gasteiger partial charge on any atom is -0.495 e. The Morgan fingerprint density at radius 3 is 2.52 bits per heavy atom. The van der Waals surface area contributed by atoms with Gasteiger partial charge in [0.25, 0.3) is 5.91 Å². The molecule has 162 valence electrons. The minimum atomic E-state index is -3.94. The van der Waals surface area contributed by atoms with Crippen molar-refractivity contribution in [3.63, 3.8) is 0 Å². The van der Waals surface area contributed by atoms with E-state index in [1.165, 1.54) is 13.2 Å². The monoisotopic (exact) mass is 462 g/mol. The van der Waals surface area contributed by atoms with Crippen LogP contribution in [0.5, 0.6) is 5.75 Å². The highest BCUT2D eigenvalue weighted by atomic mass is 35.5. The second-order valence-corrected chi connectivity index (χ2v) is 8.78. The van der Waals surface area contributed by atoms with Gasteiger partial charge in [-0.1, -0.05) is 41.9 Å². The second kappa shape index (κ2) is 9.91. The van der Waals surface area contributed by atoms with E-state index in [1.54, 1.807) is 12.1 Å². The van der Waals surface area contributed by atoms with Gasteiger partial charge in [0.05, 0.1) is 23.3 Å². The Morgan fingerprint density at radius 2 is 1.81 bits per heavy atom. The van der Waals surface area contributed by atoms with Crippen molar-refractivity contribution in [2.45, 2.75) is 11.3 Å². The maximum Gasteiger partial charge on any atom is 0.258 e. The fourth-order valence-corrected chi connectivity index (χ4v) is 4.10. The first kappa shape index (κ1) is 22.7. The van der Waals surface area contributed by atoms with E-state index in [-0.39, 0.29) is 17.1 Å². The molecule has 0 heterocycles. The summed E-state index contributed by atoms with van der Waals surface area (Å²) in [6.07, 6.45) is 0.489. The summed E-state index contributed by atoms with van der Waals surface area (Å²) in [6, 6.07) is 17.0. The van der Waals surface area contributed by atoms with Crippen LogP contribution in [0.4, 0.5) is 10.1 Å². The van der Waals surface area contributed by atoms with Gasteiger partial charge in [0.15, 0.2) is 0 Å². The van der Waals surface area contributed by atoms with Crippen LogP contribution in [0.15, 0.2) is 71.6 Å². The summed E-state index contributed by atoms with van der Waals surface area (Å²) in [6.45, 7) is 0.158. The van der Waals surface area contributed by atoms with E-state index in [9.17, 15) is 17.6 Å². The van der Waals surface area contributed by atoms with Gasteiger partial charge >= 0.3 is 0 Å². The number of hydrogen-bond donors (Lipinski definition) is 2. The van der Waals surface area contributed by atoms with Crippen LogP contribution < -0.4 is 14.8 Å². The van der Waals surface area contributed by atoms with Crippen LogP contribution in [-0.4, -0.2) is 28.0 Å². The maximum atomic E-state index is 14.3. The molecule has 0 bridgehead atoms. The van der Waals surface area contributed by atoms with Crippen molar-refractivity contribution in [3.05, 3.63) is 88.7 Å². The summed E-state index contributed by atoms with van der Waals surface area (Å²) in [5.74, 6) is -1.37. The molecule has 3 aromatic rings. The van der Waals surface area contributed by atoms with Gasteiger partial charge in [0.1, 0.15) is 11.6 Å². The predicted octanol–water partition coefficient (Wildman–Crippen LogP) is 4.26. The molecule has 0 aromatic heterocycles. The number of carbonyl (C=O) groups is 1. The van der Waals surface area contributed by atoms with Gasteiger partial charge < -0.3 is 10.1 Å². The zero-order valence-electron chi connectivity index (χ0n) is 16.6. The Morgan fingerprint density at radius 1 is 1.06 bits per heavy atom. The van der Waals surface area contributed by atoms with Gasteiger partial charge in [-0.3, -0.25) is 4.79 Å². The third-order valence-corrected chi connectivity index (χ3v) is 6.14. The lowest BCUT2D eigenvalue weighted by Gasteiger charge is -2.12. The number of methoxy groups -OCH3 is 1. The number of anilines is 1. The van der Waals surface area contributed by atoms with Crippen molar-refractivity contribution in [2.24, 2.45) is 0 Å². The first-order valence-electron chi connectivity index (χ1n) is 9.28. The molecule has 31 heavy (non-hydrogen) atoms. The molecule has 0 saturated carbocycles. The van der Waals surface area contributed by atoms with Crippen molar-refractivity contribution in [1.82, 2.24) is 4.72 Å². The molecule has 3 aromatic carbocycles. The lowest BCUT2D eigenvalue weighted by Crippen LogP contribution is -2.26. The standard InChI is InChI=1S/C22H20ClFN2O4S/c1-30-21-10-7-16(23)13-20(21)26-22(27)18-14-17(8-9-19(18)24)31(28,29)25-12-11-15-5-3-2-4-6-15/h2-10,13-14,25H,11-12H2,1H3,(H,26,27). The van der Waals surface area contributed by atoms with Crippen LogP contribution in [0.2, 0.25) is 5.02 Å². The molecule has 0 aliphatic heterocycles. The summed E-state index contributed by atoms with van der Waals surface area (Å²) < 4.78 is 47.1. The lowest BCUT2D eigenvalue weighted by atomic mass is 10.2. The summed E-state index contributed by atoms with van der Waals surface area (Å²) in [4.78, 5) is 12.4. The summed E-state index contributed by atoms with van der Waals surface area (Å²) in [5, 5.41) is 2.84. The Balaban J connectivity index is 1.77. The number of rotatable bonds is 8. The molecule has 0 radical (unpaired) electrons. The van der Waals surface area contributed by atoms with Gasteiger partial charge in [0, 0.05) is 11.6 Å².